The molecule has 3 unspecified atom stereocenters. The van der Waals surface area contributed by atoms with Gasteiger partial charge in [-0.05, 0) is 29.7 Å². The summed E-state index contributed by atoms with van der Waals surface area (Å²) in [4.78, 5) is 0.786. The van der Waals surface area contributed by atoms with Crippen LogP contribution in [-0.2, 0) is 17.2 Å². The third kappa shape index (κ3) is 1.89. The number of hydrogen-bond donors (Lipinski definition) is 1. The summed E-state index contributed by atoms with van der Waals surface area (Å²) in [5.41, 5.74) is 2.03. The van der Waals surface area contributed by atoms with Crippen molar-refractivity contribution in [3.63, 3.8) is 0 Å². The molecule has 2 nitrogen and oxygen atoms in total. The van der Waals surface area contributed by atoms with Gasteiger partial charge in [0.05, 0.1) is 22.2 Å². The van der Waals surface area contributed by atoms with Crippen LogP contribution in [0.25, 0.3) is 0 Å². The van der Waals surface area contributed by atoms with Crippen LogP contribution in [0.5, 0.6) is 0 Å². The predicted octanol–water partition coefficient (Wildman–Crippen LogP) is 2.45. The van der Waals surface area contributed by atoms with Crippen LogP contribution < -0.4 is 0 Å². The van der Waals surface area contributed by atoms with Crippen LogP contribution in [0.15, 0.2) is 59.5 Å². The fourth-order valence-electron chi connectivity index (χ4n) is 2.46. The summed E-state index contributed by atoms with van der Waals surface area (Å²) in [6.07, 6.45) is 0.0565. The van der Waals surface area contributed by atoms with Gasteiger partial charge in [-0.2, -0.15) is 0 Å². The summed E-state index contributed by atoms with van der Waals surface area (Å²) in [5, 5.41) is 10.0. The van der Waals surface area contributed by atoms with Gasteiger partial charge in [0.1, 0.15) is 0 Å². The zero-order valence-electron chi connectivity index (χ0n) is 9.82. The Kier molecular flexibility index (Phi) is 3.02. The molecule has 2 aromatic carbocycles. The molecule has 3 heteroatoms. The molecule has 2 aromatic rings. The number of aliphatic hydroxyl groups excluding tert-OH is 1. The summed E-state index contributed by atoms with van der Waals surface area (Å²) < 4.78 is 12.5. The first-order chi connectivity index (χ1) is 8.77. The van der Waals surface area contributed by atoms with E-state index in [1.165, 1.54) is 0 Å². The van der Waals surface area contributed by atoms with Crippen molar-refractivity contribution in [1.29, 1.82) is 0 Å². The molecule has 1 aliphatic carbocycles. The SMILES string of the molecule is O=S(c1ccccc1)C1Cc2ccccc2C1O. The molecule has 0 aromatic heterocycles. The summed E-state index contributed by atoms with van der Waals surface area (Å²) in [5.74, 6) is 0. The van der Waals surface area contributed by atoms with Gasteiger partial charge in [-0.1, -0.05) is 42.5 Å². The van der Waals surface area contributed by atoms with E-state index < -0.39 is 16.9 Å². The lowest BCUT2D eigenvalue weighted by Gasteiger charge is -2.14. The van der Waals surface area contributed by atoms with Gasteiger partial charge in [-0.3, -0.25) is 4.21 Å². The fraction of sp³-hybridized carbons (Fsp3) is 0.200. The highest BCUT2D eigenvalue weighted by atomic mass is 32.2. The largest absolute Gasteiger partial charge is 0.387 e. The Balaban J connectivity index is 1.91. The van der Waals surface area contributed by atoms with E-state index in [9.17, 15) is 9.32 Å². The van der Waals surface area contributed by atoms with E-state index in [-0.39, 0.29) is 5.25 Å². The molecule has 18 heavy (non-hydrogen) atoms. The number of hydrogen-bond acceptors (Lipinski definition) is 2. The summed E-state index contributed by atoms with van der Waals surface area (Å²) in [6, 6.07) is 17.2. The highest BCUT2D eigenvalue weighted by molar-refractivity contribution is 7.85. The van der Waals surface area contributed by atoms with Gasteiger partial charge in [-0.15, -0.1) is 0 Å². The highest BCUT2D eigenvalue weighted by Crippen LogP contribution is 2.35. The third-order valence-electron chi connectivity index (χ3n) is 3.40. The Morgan fingerprint density at radius 1 is 1.00 bits per heavy atom. The van der Waals surface area contributed by atoms with Gasteiger partial charge in [0.2, 0.25) is 0 Å². The van der Waals surface area contributed by atoms with Crippen LogP contribution in [0.4, 0.5) is 0 Å². The average molecular weight is 258 g/mol. The Labute approximate surface area is 109 Å². The second kappa shape index (κ2) is 4.67. The van der Waals surface area contributed by atoms with Gasteiger partial charge >= 0.3 is 0 Å². The van der Waals surface area contributed by atoms with Crippen LogP contribution >= 0.6 is 0 Å². The molecule has 92 valence electrons. The predicted molar refractivity (Wildman–Crippen MR) is 71.7 cm³/mol. The van der Waals surface area contributed by atoms with E-state index in [0.717, 1.165) is 16.0 Å². The quantitative estimate of drug-likeness (QED) is 0.898. The van der Waals surface area contributed by atoms with E-state index >= 15 is 0 Å². The molecule has 1 aliphatic rings. The Morgan fingerprint density at radius 3 is 2.39 bits per heavy atom. The van der Waals surface area contributed by atoms with Gasteiger partial charge in [-0.25, -0.2) is 0 Å². The first-order valence-corrected chi connectivity index (χ1v) is 7.20. The molecule has 0 spiro atoms. The van der Waals surface area contributed by atoms with Gasteiger partial charge in [0.15, 0.2) is 0 Å². The van der Waals surface area contributed by atoms with Crippen LogP contribution in [-0.4, -0.2) is 14.6 Å². The Morgan fingerprint density at radius 2 is 1.67 bits per heavy atom. The normalized spacial score (nSPS) is 23.6. The van der Waals surface area contributed by atoms with Gasteiger partial charge in [0.25, 0.3) is 0 Å². The standard InChI is InChI=1S/C15H14O2S/c16-15-13-9-5-4-6-11(13)10-14(15)18(17)12-7-2-1-3-8-12/h1-9,14-16H,10H2. The molecule has 0 fully saturated rings. The monoisotopic (exact) mass is 258 g/mol. The fourth-order valence-corrected chi connectivity index (χ4v) is 3.95. The molecule has 3 atom stereocenters. The molecule has 3 rings (SSSR count). The molecule has 0 bridgehead atoms. The zero-order valence-corrected chi connectivity index (χ0v) is 10.6. The molecule has 0 saturated carbocycles. The number of benzene rings is 2. The van der Waals surface area contributed by atoms with Crippen LogP contribution in [0.3, 0.4) is 0 Å². The van der Waals surface area contributed by atoms with E-state index in [0.29, 0.717) is 6.42 Å². The molecule has 0 radical (unpaired) electrons. The van der Waals surface area contributed by atoms with Crippen molar-refractivity contribution >= 4 is 10.8 Å². The summed E-state index contributed by atoms with van der Waals surface area (Å²) >= 11 is 0. The maximum atomic E-state index is 12.5. The molecule has 0 amide bonds. The maximum absolute atomic E-state index is 12.5. The molecule has 0 saturated heterocycles. The lowest BCUT2D eigenvalue weighted by atomic mass is 10.1. The minimum atomic E-state index is -1.17. The molecule has 1 N–H and O–H groups in total. The molecular formula is C15H14O2S. The maximum Gasteiger partial charge on any atom is 0.0943 e. The number of aliphatic hydroxyl groups is 1. The van der Waals surface area contributed by atoms with Crippen LogP contribution in [0.1, 0.15) is 17.2 Å². The Bertz CT molecular complexity index is 580. The first-order valence-electron chi connectivity index (χ1n) is 5.99. The summed E-state index contributed by atoms with van der Waals surface area (Å²) in [7, 11) is -1.17. The van der Waals surface area contributed by atoms with Crippen molar-refractivity contribution in [2.75, 3.05) is 0 Å². The lowest BCUT2D eigenvalue weighted by Crippen LogP contribution is -2.20. The van der Waals surface area contributed by atoms with Crippen molar-refractivity contribution < 1.29 is 9.32 Å². The third-order valence-corrected chi connectivity index (χ3v) is 5.11. The summed E-state index contributed by atoms with van der Waals surface area (Å²) in [6.45, 7) is 0. The van der Waals surface area contributed by atoms with E-state index in [4.69, 9.17) is 0 Å². The molecule has 0 aliphatic heterocycles. The van der Waals surface area contributed by atoms with Crippen LogP contribution in [0.2, 0.25) is 0 Å². The van der Waals surface area contributed by atoms with Crippen molar-refractivity contribution in [2.45, 2.75) is 22.7 Å². The van der Waals surface area contributed by atoms with Crippen LogP contribution in [0, 0.1) is 0 Å². The van der Waals surface area contributed by atoms with Gasteiger partial charge < -0.3 is 5.11 Å². The second-order valence-electron chi connectivity index (χ2n) is 4.50. The topological polar surface area (TPSA) is 37.3 Å². The lowest BCUT2D eigenvalue weighted by molar-refractivity contribution is 0.184. The van der Waals surface area contributed by atoms with Crippen molar-refractivity contribution in [2.24, 2.45) is 0 Å². The first kappa shape index (κ1) is 11.6. The van der Waals surface area contributed by atoms with E-state index in [2.05, 4.69) is 0 Å². The minimum absolute atomic E-state index is 0.232. The van der Waals surface area contributed by atoms with Crippen molar-refractivity contribution in [1.82, 2.24) is 0 Å². The van der Waals surface area contributed by atoms with E-state index in [1.807, 2.05) is 54.6 Å². The average Bonchev–Trinajstić information content (AvgIpc) is 2.77. The highest BCUT2D eigenvalue weighted by Gasteiger charge is 2.35. The van der Waals surface area contributed by atoms with Crippen molar-refractivity contribution in [3.8, 4) is 0 Å². The van der Waals surface area contributed by atoms with E-state index in [1.54, 1.807) is 0 Å². The zero-order chi connectivity index (χ0) is 12.5. The smallest absolute Gasteiger partial charge is 0.0943 e. The minimum Gasteiger partial charge on any atom is -0.387 e. The molecular weight excluding hydrogens is 244 g/mol. The number of rotatable bonds is 2. The number of fused-ring (bicyclic) bond motifs is 1. The second-order valence-corrected chi connectivity index (χ2v) is 6.17. The van der Waals surface area contributed by atoms with Gasteiger partial charge in [0, 0.05) is 4.90 Å². The Hall–Kier alpha value is -1.45. The molecule has 0 heterocycles. The van der Waals surface area contributed by atoms with Crippen molar-refractivity contribution in [3.05, 3.63) is 65.7 Å².